The second-order valence-corrected chi connectivity index (χ2v) is 6.60. The second-order valence-electron chi connectivity index (χ2n) is 6.17. The van der Waals surface area contributed by atoms with E-state index in [1.807, 2.05) is 13.8 Å². The zero-order chi connectivity index (χ0) is 18.8. The van der Waals surface area contributed by atoms with E-state index in [0.29, 0.717) is 27.9 Å². The molecule has 6 nitrogen and oxygen atoms in total. The minimum absolute atomic E-state index is 0.139. The van der Waals surface area contributed by atoms with Gasteiger partial charge in [-0.05, 0) is 62.2 Å². The second kappa shape index (κ2) is 7.25. The Hall–Kier alpha value is -2.73. The highest BCUT2D eigenvalue weighted by molar-refractivity contribution is 6.30. The summed E-state index contributed by atoms with van der Waals surface area (Å²) < 4.78 is 11.1. The molecule has 0 saturated heterocycles. The fraction of sp³-hybridized carbons (Fsp3) is 0.263. The first-order chi connectivity index (χ1) is 12.3. The van der Waals surface area contributed by atoms with E-state index in [9.17, 15) is 9.59 Å². The number of carbonyl (C=O) groups is 2. The summed E-state index contributed by atoms with van der Waals surface area (Å²) in [5.41, 5.74) is 2.80. The van der Waals surface area contributed by atoms with E-state index in [0.717, 1.165) is 11.1 Å². The number of benzene rings is 2. The maximum absolute atomic E-state index is 12.2. The quantitative estimate of drug-likeness (QED) is 0.855. The summed E-state index contributed by atoms with van der Waals surface area (Å²) in [6.45, 7) is 5.28. The number of anilines is 2. The molecule has 0 aromatic heterocycles. The molecule has 2 N–H and O–H groups in total. The summed E-state index contributed by atoms with van der Waals surface area (Å²) in [5, 5.41) is 6.11. The SMILES string of the molecule is Cc1cc(Cl)cc(C)c1OCC(=O)Nc1ccc2c(c1)NC(=O)[C@@H](C)O2. The Morgan fingerprint density at radius 3 is 2.65 bits per heavy atom. The zero-order valence-corrected chi connectivity index (χ0v) is 15.4. The number of hydrogen-bond acceptors (Lipinski definition) is 4. The first-order valence-corrected chi connectivity index (χ1v) is 8.52. The Balaban J connectivity index is 1.64. The Kier molecular flexibility index (Phi) is 5.04. The van der Waals surface area contributed by atoms with Crippen LogP contribution < -0.4 is 20.1 Å². The molecular formula is C19H19ClN2O4. The molecule has 0 aliphatic carbocycles. The van der Waals surface area contributed by atoms with Crippen molar-refractivity contribution in [2.24, 2.45) is 0 Å². The molecule has 0 radical (unpaired) electrons. The van der Waals surface area contributed by atoms with Gasteiger partial charge in [0, 0.05) is 10.7 Å². The van der Waals surface area contributed by atoms with Crippen LogP contribution in [0.2, 0.25) is 5.02 Å². The van der Waals surface area contributed by atoms with Crippen LogP contribution in [-0.4, -0.2) is 24.5 Å². The molecule has 0 fully saturated rings. The van der Waals surface area contributed by atoms with Crippen LogP contribution >= 0.6 is 11.6 Å². The predicted octanol–water partition coefficient (Wildman–Crippen LogP) is 3.69. The molecule has 0 bridgehead atoms. The van der Waals surface area contributed by atoms with Crippen molar-refractivity contribution in [1.29, 1.82) is 0 Å². The zero-order valence-electron chi connectivity index (χ0n) is 14.7. The summed E-state index contributed by atoms with van der Waals surface area (Å²) in [6, 6.07) is 8.63. The van der Waals surface area contributed by atoms with Crippen LogP contribution in [0, 0.1) is 13.8 Å². The molecule has 2 amide bonds. The molecule has 1 atom stereocenters. The number of halogens is 1. The van der Waals surface area contributed by atoms with Gasteiger partial charge in [-0.1, -0.05) is 11.6 Å². The van der Waals surface area contributed by atoms with E-state index in [1.165, 1.54) is 0 Å². The van der Waals surface area contributed by atoms with Gasteiger partial charge in [0.2, 0.25) is 0 Å². The van der Waals surface area contributed by atoms with Gasteiger partial charge in [-0.2, -0.15) is 0 Å². The first-order valence-electron chi connectivity index (χ1n) is 8.14. The molecule has 136 valence electrons. The molecule has 1 aliphatic heterocycles. The van der Waals surface area contributed by atoms with Crippen molar-refractivity contribution in [2.45, 2.75) is 26.9 Å². The molecule has 2 aromatic carbocycles. The number of nitrogens with one attached hydrogen (secondary N) is 2. The lowest BCUT2D eigenvalue weighted by molar-refractivity contribution is -0.122. The lowest BCUT2D eigenvalue weighted by atomic mass is 10.1. The number of carbonyl (C=O) groups excluding carboxylic acids is 2. The van der Waals surface area contributed by atoms with Crippen molar-refractivity contribution >= 4 is 34.8 Å². The van der Waals surface area contributed by atoms with Crippen LogP contribution in [0.1, 0.15) is 18.1 Å². The van der Waals surface area contributed by atoms with Gasteiger partial charge >= 0.3 is 0 Å². The number of fused-ring (bicyclic) bond motifs is 1. The number of hydrogen-bond donors (Lipinski definition) is 2. The van der Waals surface area contributed by atoms with Crippen molar-refractivity contribution in [3.63, 3.8) is 0 Å². The lowest BCUT2D eigenvalue weighted by Crippen LogP contribution is -2.34. The fourth-order valence-electron chi connectivity index (χ4n) is 2.75. The van der Waals surface area contributed by atoms with Crippen molar-refractivity contribution in [3.8, 4) is 11.5 Å². The van der Waals surface area contributed by atoms with Crippen molar-refractivity contribution in [2.75, 3.05) is 17.2 Å². The topological polar surface area (TPSA) is 76.7 Å². The molecule has 3 rings (SSSR count). The summed E-state index contributed by atoms with van der Waals surface area (Å²) in [4.78, 5) is 23.9. The number of ether oxygens (including phenoxy) is 2. The Labute approximate surface area is 156 Å². The smallest absolute Gasteiger partial charge is 0.265 e. The monoisotopic (exact) mass is 374 g/mol. The average Bonchev–Trinajstić information content (AvgIpc) is 2.55. The van der Waals surface area contributed by atoms with E-state index < -0.39 is 6.10 Å². The Morgan fingerprint density at radius 1 is 1.27 bits per heavy atom. The van der Waals surface area contributed by atoms with E-state index in [2.05, 4.69) is 10.6 Å². The molecule has 0 unspecified atom stereocenters. The lowest BCUT2D eigenvalue weighted by Gasteiger charge is -2.23. The first kappa shape index (κ1) is 18.1. The molecule has 1 heterocycles. The van der Waals surface area contributed by atoms with Crippen LogP contribution in [0.3, 0.4) is 0 Å². The third-order valence-corrected chi connectivity index (χ3v) is 4.19. The molecule has 1 aliphatic rings. The molecule has 0 spiro atoms. The normalized spacial score (nSPS) is 15.5. The van der Waals surface area contributed by atoms with E-state index in [-0.39, 0.29) is 18.4 Å². The summed E-state index contributed by atoms with van der Waals surface area (Å²) in [5.74, 6) is 0.677. The summed E-state index contributed by atoms with van der Waals surface area (Å²) >= 11 is 5.99. The van der Waals surface area contributed by atoms with Gasteiger partial charge in [0.25, 0.3) is 11.8 Å². The van der Waals surface area contributed by atoms with E-state index >= 15 is 0 Å². The highest BCUT2D eigenvalue weighted by atomic mass is 35.5. The minimum atomic E-state index is -0.540. The van der Waals surface area contributed by atoms with Gasteiger partial charge in [-0.15, -0.1) is 0 Å². The average molecular weight is 375 g/mol. The van der Waals surface area contributed by atoms with Crippen LogP contribution in [0.25, 0.3) is 0 Å². The minimum Gasteiger partial charge on any atom is -0.483 e. The van der Waals surface area contributed by atoms with Crippen molar-refractivity contribution < 1.29 is 19.1 Å². The maximum Gasteiger partial charge on any atom is 0.265 e. The maximum atomic E-state index is 12.2. The van der Waals surface area contributed by atoms with Crippen LogP contribution in [-0.2, 0) is 9.59 Å². The third-order valence-electron chi connectivity index (χ3n) is 3.97. The van der Waals surface area contributed by atoms with Crippen LogP contribution in [0.4, 0.5) is 11.4 Å². The van der Waals surface area contributed by atoms with Gasteiger partial charge in [0.05, 0.1) is 5.69 Å². The largest absolute Gasteiger partial charge is 0.483 e. The summed E-state index contributed by atoms with van der Waals surface area (Å²) in [6.07, 6.45) is -0.540. The van der Waals surface area contributed by atoms with Gasteiger partial charge in [-0.3, -0.25) is 9.59 Å². The molecule has 2 aromatic rings. The molecule has 26 heavy (non-hydrogen) atoms. The van der Waals surface area contributed by atoms with Gasteiger partial charge in [0.1, 0.15) is 11.5 Å². The number of aryl methyl sites for hydroxylation is 2. The predicted molar refractivity (Wildman–Crippen MR) is 100 cm³/mol. The Morgan fingerprint density at radius 2 is 1.96 bits per heavy atom. The fourth-order valence-corrected chi connectivity index (χ4v) is 3.07. The van der Waals surface area contributed by atoms with Crippen LogP contribution in [0.15, 0.2) is 30.3 Å². The van der Waals surface area contributed by atoms with E-state index in [1.54, 1.807) is 37.3 Å². The van der Waals surface area contributed by atoms with Gasteiger partial charge in [0.15, 0.2) is 12.7 Å². The van der Waals surface area contributed by atoms with Gasteiger partial charge in [-0.25, -0.2) is 0 Å². The number of rotatable bonds is 4. The molecule has 7 heteroatoms. The summed E-state index contributed by atoms with van der Waals surface area (Å²) in [7, 11) is 0. The van der Waals surface area contributed by atoms with E-state index in [4.69, 9.17) is 21.1 Å². The van der Waals surface area contributed by atoms with Gasteiger partial charge < -0.3 is 20.1 Å². The van der Waals surface area contributed by atoms with Crippen molar-refractivity contribution in [3.05, 3.63) is 46.5 Å². The van der Waals surface area contributed by atoms with Crippen LogP contribution in [0.5, 0.6) is 11.5 Å². The highest BCUT2D eigenvalue weighted by Gasteiger charge is 2.23. The molecular weight excluding hydrogens is 356 g/mol. The third kappa shape index (κ3) is 3.91. The molecule has 0 saturated carbocycles. The Bertz CT molecular complexity index is 859. The highest BCUT2D eigenvalue weighted by Crippen LogP contribution is 2.32. The van der Waals surface area contributed by atoms with Crippen molar-refractivity contribution in [1.82, 2.24) is 0 Å². The number of amides is 2. The standard InChI is InChI=1S/C19H19ClN2O4/c1-10-6-13(20)7-11(2)18(10)25-9-17(23)21-14-4-5-16-15(8-14)22-19(24)12(3)26-16/h4-8,12H,9H2,1-3H3,(H,21,23)(H,22,24)/t12-/m1/s1.